The highest BCUT2D eigenvalue weighted by molar-refractivity contribution is 6.06. The largest absolute Gasteiger partial charge is 0.493 e. The zero-order valence-electron chi connectivity index (χ0n) is 18.6. The van der Waals surface area contributed by atoms with Crippen molar-refractivity contribution in [1.29, 1.82) is 0 Å². The van der Waals surface area contributed by atoms with Crippen LogP contribution in [0.2, 0.25) is 0 Å². The van der Waals surface area contributed by atoms with Gasteiger partial charge in [0.05, 0.1) is 39.7 Å². The predicted molar refractivity (Wildman–Crippen MR) is 117 cm³/mol. The van der Waals surface area contributed by atoms with Gasteiger partial charge in [0.25, 0.3) is 0 Å². The molecule has 0 aromatic heterocycles. The summed E-state index contributed by atoms with van der Waals surface area (Å²) in [4.78, 5) is 12.8. The fraction of sp³-hybridized carbons (Fsp3) is 0.417. The highest BCUT2D eigenvalue weighted by atomic mass is 16.5. The topological polar surface area (TPSA) is 69.6 Å². The second kappa shape index (κ2) is 8.13. The van der Waals surface area contributed by atoms with E-state index in [9.17, 15) is 4.79 Å². The van der Waals surface area contributed by atoms with Gasteiger partial charge in [0, 0.05) is 18.4 Å². The lowest BCUT2D eigenvalue weighted by Crippen LogP contribution is -2.45. The van der Waals surface area contributed by atoms with Gasteiger partial charge in [0.15, 0.2) is 23.0 Å². The van der Waals surface area contributed by atoms with E-state index >= 15 is 0 Å². The summed E-state index contributed by atoms with van der Waals surface area (Å²) in [7, 11) is 6.46. The molecule has 1 saturated carbocycles. The molecule has 7 heteroatoms. The Morgan fingerprint density at radius 1 is 0.935 bits per heavy atom. The Morgan fingerprint density at radius 2 is 1.55 bits per heavy atom. The maximum atomic E-state index is 12.8. The van der Waals surface area contributed by atoms with Crippen LogP contribution in [0.5, 0.6) is 23.0 Å². The Balaban J connectivity index is 1.84. The highest BCUT2D eigenvalue weighted by Gasteiger charge is 2.56. The van der Waals surface area contributed by atoms with Crippen LogP contribution in [0.15, 0.2) is 41.5 Å². The number of hydrazone groups is 1. The molecule has 1 aliphatic heterocycles. The number of ether oxygens (including phenoxy) is 4. The Bertz CT molecular complexity index is 1030. The van der Waals surface area contributed by atoms with Gasteiger partial charge in [-0.25, -0.2) is 5.01 Å². The molecule has 0 bridgehead atoms. The summed E-state index contributed by atoms with van der Waals surface area (Å²) in [5, 5.41) is 6.52. The van der Waals surface area contributed by atoms with Crippen molar-refractivity contribution in [3.8, 4) is 23.0 Å². The predicted octanol–water partition coefficient (Wildman–Crippen LogP) is 3.98. The van der Waals surface area contributed by atoms with Crippen molar-refractivity contribution in [2.75, 3.05) is 28.4 Å². The lowest BCUT2D eigenvalue weighted by Gasteiger charge is -2.37. The number of nitrogens with zero attached hydrogens (tertiary/aromatic N) is 2. The van der Waals surface area contributed by atoms with E-state index in [4.69, 9.17) is 24.0 Å². The van der Waals surface area contributed by atoms with E-state index in [2.05, 4.69) is 0 Å². The molecule has 31 heavy (non-hydrogen) atoms. The second-order valence-corrected chi connectivity index (χ2v) is 7.82. The van der Waals surface area contributed by atoms with E-state index in [1.807, 2.05) is 36.4 Å². The first-order valence-electron chi connectivity index (χ1n) is 10.3. The van der Waals surface area contributed by atoms with Gasteiger partial charge in [-0.05, 0) is 55.2 Å². The molecule has 0 radical (unpaired) electrons. The number of hydrogen-bond acceptors (Lipinski definition) is 6. The average Bonchev–Trinajstić information content (AvgIpc) is 3.36. The van der Waals surface area contributed by atoms with Crippen LogP contribution in [0.4, 0.5) is 0 Å². The molecule has 1 heterocycles. The smallest absolute Gasteiger partial charge is 0.240 e. The average molecular weight is 424 g/mol. The quantitative estimate of drug-likeness (QED) is 0.702. The number of fused-ring (bicyclic) bond motifs is 1. The number of carbonyl (C=O) groups excluding carboxylic acids is 1. The molecule has 2 unspecified atom stereocenters. The first kappa shape index (κ1) is 21.0. The lowest BCUT2D eigenvalue weighted by atomic mass is 9.77. The minimum atomic E-state index is -0.548. The van der Waals surface area contributed by atoms with Crippen molar-refractivity contribution in [2.45, 2.75) is 31.7 Å². The van der Waals surface area contributed by atoms with Gasteiger partial charge >= 0.3 is 0 Å². The van der Waals surface area contributed by atoms with Gasteiger partial charge in [-0.2, -0.15) is 5.10 Å². The molecule has 2 aliphatic rings. The van der Waals surface area contributed by atoms with Crippen molar-refractivity contribution in [2.24, 2.45) is 11.0 Å². The SMILES string of the molecule is COc1ccc(C2=NN(C(C)=O)C3(c4ccc(OC)c(OC)c4)CCCC23)cc1OC. The summed E-state index contributed by atoms with van der Waals surface area (Å²) in [6, 6.07) is 11.7. The first-order chi connectivity index (χ1) is 15.0. The maximum absolute atomic E-state index is 12.8. The van der Waals surface area contributed by atoms with Gasteiger partial charge in [0.1, 0.15) is 0 Å². The van der Waals surface area contributed by atoms with Crippen molar-refractivity contribution in [3.63, 3.8) is 0 Å². The van der Waals surface area contributed by atoms with Crippen molar-refractivity contribution < 1.29 is 23.7 Å². The number of hydrogen-bond donors (Lipinski definition) is 0. The van der Waals surface area contributed by atoms with E-state index in [0.29, 0.717) is 23.0 Å². The molecule has 1 fully saturated rings. The molecular weight excluding hydrogens is 396 g/mol. The third kappa shape index (κ3) is 3.19. The summed E-state index contributed by atoms with van der Waals surface area (Å²) < 4.78 is 21.8. The molecule has 0 spiro atoms. The number of methoxy groups -OCH3 is 4. The van der Waals surface area contributed by atoms with Crippen molar-refractivity contribution >= 4 is 11.6 Å². The summed E-state index contributed by atoms with van der Waals surface area (Å²) in [6.45, 7) is 1.57. The van der Waals surface area contributed by atoms with E-state index < -0.39 is 5.54 Å². The van der Waals surface area contributed by atoms with E-state index in [-0.39, 0.29) is 11.8 Å². The van der Waals surface area contributed by atoms with Gasteiger partial charge in [-0.1, -0.05) is 6.07 Å². The summed E-state index contributed by atoms with van der Waals surface area (Å²) in [6.07, 6.45) is 2.76. The zero-order chi connectivity index (χ0) is 22.2. The molecule has 4 rings (SSSR count). The van der Waals surface area contributed by atoms with E-state index in [0.717, 1.165) is 36.1 Å². The molecule has 2 atom stereocenters. The summed E-state index contributed by atoms with van der Waals surface area (Å²) in [5.74, 6) is 2.57. The second-order valence-electron chi connectivity index (χ2n) is 7.82. The Hall–Kier alpha value is -3.22. The molecule has 164 valence electrons. The number of amides is 1. The zero-order valence-corrected chi connectivity index (χ0v) is 18.6. The lowest BCUT2D eigenvalue weighted by molar-refractivity contribution is -0.135. The van der Waals surface area contributed by atoms with Crippen LogP contribution < -0.4 is 18.9 Å². The molecule has 1 amide bonds. The monoisotopic (exact) mass is 424 g/mol. The van der Waals surface area contributed by atoms with Crippen LogP contribution in [0.3, 0.4) is 0 Å². The third-order valence-corrected chi connectivity index (χ3v) is 6.40. The fourth-order valence-electron chi connectivity index (χ4n) is 5.05. The normalized spacial score (nSPS) is 22.0. The van der Waals surface area contributed by atoms with Gasteiger partial charge < -0.3 is 18.9 Å². The molecule has 1 aliphatic carbocycles. The van der Waals surface area contributed by atoms with Gasteiger partial charge in [-0.15, -0.1) is 0 Å². The Morgan fingerprint density at radius 3 is 2.16 bits per heavy atom. The molecular formula is C24H28N2O5. The number of benzene rings is 2. The van der Waals surface area contributed by atoms with E-state index in [1.165, 1.54) is 0 Å². The first-order valence-corrected chi connectivity index (χ1v) is 10.3. The molecule has 0 saturated heterocycles. The molecule has 2 aromatic rings. The Kier molecular flexibility index (Phi) is 5.52. The molecule has 7 nitrogen and oxygen atoms in total. The van der Waals surface area contributed by atoms with Gasteiger partial charge in [-0.3, -0.25) is 4.79 Å². The molecule has 0 N–H and O–H groups in total. The molecule has 2 aromatic carbocycles. The highest BCUT2D eigenvalue weighted by Crippen LogP contribution is 2.54. The van der Waals surface area contributed by atoms with Crippen LogP contribution >= 0.6 is 0 Å². The van der Waals surface area contributed by atoms with Crippen LogP contribution in [-0.2, 0) is 10.3 Å². The van der Waals surface area contributed by atoms with E-state index in [1.54, 1.807) is 40.4 Å². The minimum absolute atomic E-state index is 0.0626. The van der Waals surface area contributed by atoms with Crippen LogP contribution in [0.25, 0.3) is 0 Å². The maximum Gasteiger partial charge on any atom is 0.240 e. The summed E-state index contributed by atoms with van der Waals surface area (Å²) in [5.41, 5.74) is 2.28. The Labute approximate surface area is 182 Å². The number of rotatable bonds is 6. The minimum Gasteiger partial charge on any atom is -0.493 e. The van der Waals surface area contributed by atoms with Gasteiger partial charge in [0.2, 0.25) is 5.91 Å². The van der Waals surface area contributed by atoms with Crippen LogP contribution in [-0.4, -0.2) is 45.1 Å². The summed E-state index contributed by atoms with van der Waals surface area (Å²) >= 11 is 0. The number of carbonyl (C=O) groups is 1. The fourth-order valence-corrected chi connectivity index (χ4v) is 5.05. The third-order valence-electron chi connectivity index (χ3n) is 6.40. The van der Waals surface area contributed by atoms with Crippen LogP contribution in [0, 0.1) is 5.92 Å². The standard InChI is InChI=1S/C24H28N2O5/c1-15(27)26-24(17-9-11-20(29-3)22(14-17)31-5)12-6-7-18(24)23(25-26)16-8-10-19(28-2)21(13-16)30-4/h8-11,13-14,18H,6-7,12H2,1-5H3. The van der Waals surface area contributed by atoms with Crippen molar-refractivity contribution in [1.82, 2.24) is 5.01 Å². The van der Waals surface area contributed by atoms with Crippen LogP contribution in [0.1, 0.15) is 37.3 Å². The van der Waals surface area contributed by atoms with Crippen molar-refractivity contribution in [3.05, 3.63) is 47.5 Å².